The number of nitrogens with zero attached hydrogens (tertiary/aromatic N) is 4. The van der Waals surface area contributed by atoms with Gasteiger partial charge in [0.15, 0.2) is 0 Å². The molecule has 2 saturated heterocycles. The van der Waals surface area contributed by atoms with E-state index in [1.165, 1.54) is 25.8 Å². The third-order valence-electron chi connectivity index (χ3n) is 4.66. The standard InChI is InChI=1S/C16H27N5/c1-4-17-16-18-12(2)9-15(19-16)21-11-14-7-5-6-8-20(14)10-13(21)3/h9,13-14H,4-8,10-11H2,1-3H3,(H,17,18,19). The summed E-state index contributed by atoms with van der Waals surface area (Å²) in [6.07, 6.45) is 4.06. The van der Waals surface area contributed by atoms with Crippen molar-refractivity contribution in [1.82, 2.24) is 14.9 Å². The molecular weight excluding hydrogens is 262 g/mol. The third kappa shape index (κ3) is 3.12. The van der Waals surface area contributed by atoms with Gasteiger partial charge in [-0.05, 0) is 40.2 Å². The van der Waals surface area contributed by atoms with Crippen LogP contribution in [0, 0.1) is 6.92 Å². The van der Waals surface area contributed by atoms with Crippen LogP contribution in [0.25, 0.3) is 0 Å². The average molecular weight is 289 g/mol. The molecule has 1 aromatic rings. The Morgan fingerprint density at radius 3 is 2.95 bits per heavy atom. The molecule has 0 aromatic carbocycles. The number of hydrogen-bond donors (Lipinski definition) is 1. The lowest BCUT2D eigenvalue weighted by Crippen LogP contribution is -2.59. The largest absolute Gasteiger partial charge is 0.354 e. The molecule has 2 fully saturated rings. The van der Waals surface area contributed by atoms with Crippen LogP contribution in [0.2, 0.25) is 0 Å². The van der Waals surface area contributed by atoms with Gasteiger partial charge >= 0.3 is 0 Å². The van der Waals surface area contributed by atoms with Crippen LogP contribution in [0.5, 0.6) is 0 Å². The predicted molar refractivity (Wildman–Crippen MR) is 87.0 cm³/mol. The molecule has 5 nitrogen and oxygen atoms in total. The van der Waals surface area contributed by atoms with E-state index in [9.17, 15) is 0 Å². The smallest absolute Gasteiger partial charge is 0.224 e. The Morgan fingerprint density at radius 2 is 2.14 bits per heavy atom. The summed E-state index contributed by atoms with van der Waals surface area (Å²) in [6, 6.07) is 3.34. The zero-order valence-electron chi connectivity index (χ0n) is 13.5. The third-order valence-corrected chi connectivity index (χ3v) is 4.66. The molecule has 2 aliphatic rings. The van der Waals surface area contributed by atoms with Crippen molar-refractivity contribution in [2.45, 2.75) is 52.1 Å². The molecule has 0 bridgehead atoms. The summed E-state index contributed by atoms with van der Waals surface area (Å²) in [4.78, 5) is 14.3. The fraction of sp³-hybridized carbons (Fsp3) is 0.750. The summed E-state index contributed by atoms with van der Waals surface area (Å²) >= 11 is 0. The number of aromatic nitrogens is 2. The van der Waals surface area contributed by atoms with E-state index in [1.807, 2.05) is 6.92 Å². The second kappa shape index (κ2) is 6.18. The molecular formula is C16H27N5. The quantitative estimate of drug-likeness (QED) is 0.925. The second-order valence-electron chi connectivity index (χ2n) is 6.37. The van der Waals surface area contributed by atoms with Gasteiger partial charge in [-0.15, -0.1) is 0 Å². The Balaban J connectivity index is 1.82. The molecule has 0 saturated carbocycles. The van der Waals surface area contributed by atoms with Gasteiger partial charge in [0.1, 0.15) is 5.82 Å². The Bertz CT molecular complexity index is 490. The van der Waals surface area contributed by atoms with Gasteiger partial charge in [0, 0.05) is 43.5 Å². The number of fused-ring (bicyclic) bond motifs is 1. The molecule has 0 radical (unpaired) electrons. The van der Waals surface area contributed by atoms with Crippen LogP contribution in [0.15, 0.2) is 6.07 Å². The zero-order valence-corrected chi connectivity index (χ0v) is 13.5. The first-order chi connectivity index (χ1) is 10.2. The highest BCUT2D eigenvalue weighted by Crippen LogP contribution is 2.27. The topological polar surface area (TPSA) is 44.3 Å². The van der Waals surface area contributed by atoms with Crippen LogP contribution < -0.4 is 10.2 Å². The van der Waals surface area contributed by atoms with E-state index in [-0.39, 0.29) is 0 Å². The number of nitrogens with one attached hydrogen (secondary N) is 1. The first-order valence-electron chi connectivity index (χ1n) is 8.27. The molecule has 2 atom stereocenters. The van der Waals surface area contributed by atoms with Crippen molar-refractivity contribution >= 4 is 11.8 Å². The summed E-state index contributed by atoms with van der Waals surface area (Å²) in [5.41, 5.74) is 1.04. The molecule has 2 aliphatic heterocycles. The van der Waals surface area contributed by atoms with Gasteiger partial charge in [0.2, 0.25) is 5.95 Å². The number of aryl methyl sites for hydroxylation is 1. The maximum Gasteiger partial charge on any atom is 0.224 e. The summed E-state index contributed by atoms with van der Waals surface area (Å²) in [6.45, 7) is 10.8. The van der Waals surface area contributed by atoms with Crippen LogP contribution in [-0.4, -0.2) is 53.1 Å². The maximum absolute atomic E-state index is 4.72. The number of piperazine rings is 1. The van der Waals surface area contributed by atoms with E-state index in [2.05, 4.69) is 40.0 Å². The molecule has 5 heteroatoms. The molecule has 0 amide bonds. The Hall–Kier alpha value is -1.36. The molecule has 2 unspecified atom stereocenters. The molecule has 0 aliphatic carbocycles. The maximum atomic E-state index is 4.72. The molecule has 3 heterocycles. The SMILES string of the molecule is CCNc1nc(C)cc(N2CC3CCCCN3CC2C)n1. The van der Waals surface area contributed by atoms with Crippen LogP contribution in [0.1, 0.15) is 38.8 Å². The molecule has 1 N–H and O–H groups in total. The Morgan fingerprint density at radius 1 is 1.29 bits per heavy atom. The van der Waals surface area contributed by atoms with Crippen LogP contribution in [-0.2, 0) is 0 Å². The molecule has 3 rings (SSSR count). The summed E-state index contributed by atoms with van der Waals surface area (Å²) in [7, 11) is 0. The van der Waals surface area contributed by atoms with Gasteiger partial charge in [-0.3, -0.25) is 4.90 Å². The van der Waals surface area contributed by atoms with Crippen molar-refractivity contribution < 1.29 is 0 Å². The van der Waals surface area contributed by atoms with Crippen LogP contribution in [0.3, 0.4) is 0 Å². The van der Waals surface area contributed by atoms with Gasteiger partial charge in [-0.1, -0.05) is 6.42 Å². The van der Waals surface area contributed by atoms with E-state index in [1.54, 1.807) is 0 Å². The minimum absolute atomic E-state index is 0.517. The van der Waals surface area contributed by atoms with Crippen LogP contribution >= 0.6 is 0 Å². The summed E-state index contributed by atoms with van der Waals surface area (Å²) < 4.78 is 0. The van der Waals surface area contributed by atoms with Gasteiger partial charge < -0.3 is 10.2 Å². The van der Waals surface area contributed by atoms with E-state index in [4.69, 9.17) is 4.98 Å². The summed E-state index contributed by atoms with van der Waals surface area (Å²) in [5, 5.41) is 3.24. The minimum Gasteiger partial charge on any atom is -0.354 e. The van der Waals surface area contributed by atoms with E-state index >= 15 is 0 Å². The highest BCUT2D eigenvalue weighted by atomic mass is 15.3. The molecule has 1 aromatic heterocycles. The fourth-order valence-corrected chi connectivity index (χ4v) is 3.61. The first kappa shape index (κ1) is 14.6. The Labute approximate surface area is 127 Å². The van der Waals surface area contributed by atoms with Gasteiger partial charge in [0.25, 0.3) is 0 Å². The molecule has 116 valence electrons. The van der Waals surface area contributed by atoms with Crippen molar-refractivity contribution in [3.8, 4) is 0 Å². The van der Waals surface area contributed by atoms with Gasteiger partial charge in [0.05, 0.1) is 0 Å². The van der Waals surface area contributed by atoms with E-state index in [0.29, 0.717) is 12.1 Å². The zero-order chi connectivity index (χ0) is 14.8. The van der Waals surface area contributed by atoms with Crippen molar-refractivity contribution in [1.29, 1.82) is 0 Å². The predicted octanol–water partition coefficient (Wildman–Crippen LogP) is 2.28. The fourth-order valence-electron chi connectivity index (χ4n) is 3.61. The number of rotatable bonds is 3. The monoisotopic (exact) mass is 289 g/mol. The van der Waals surface area contributed by atoms with Crippen molar-refractivity contribution in [3.63, 3.8) is 0 Å². The van der Waals surface area contributed by atoms with Gasteiger partial charge in [-0.25, -0.2) is 4.98 Å². The number of piperidine rings is 1. The van der Waals surface area contributed by atoms with Crippen molar-refractivity contribution in [3.05, 3.63) is 11.8 Å². The number of hydrogen-bond acceptors (Lipinski definition) is 5. The Kier molecular flexibility index (Phi) is 4.29. The van der Waals surface area contributed by atoms with Gasteiger partial charge in [-0.2, -0.15) is 4.98 Å². The highest BCUT2D eigenvalue weighted by molar-refractivity contribution is 5.46. The first-order valence-corrected chi connectivity index (χ1v) is 8.27. The van der Waals surface area contributed by atoms with E-state index < -0.39 is 0 Å². The molecule has 21 heavy (non-hydrogen) atoms. The number of anilines is 2. The lowest BCUT2D eigenvalue weighted by molar-refractivity contribution is 0.115. The van der Waals surface area contributed by atoms with Crippen LogP contribution in [0.4, 0.5) is 11.8 Å². The lowest BCUT2D eigenvalue weighted by atomic mass is 9.97. The summed E-state index contributed by atoms with van der Waals surface area (Å²) in [5.74, 6) is 1.84. The normalized spacial score (nSPS) is 26.5. The van der Waals surface area contributed by atoms with Crippen molar-refractivity contribution in [2.24, 2.45) is 0 Å². The van der Waals surface area contributed by atoms with Crippen molar-refractivity contribution in [2.75, 3.05) is 36.4 Å². The highest BCUT2D eigenvalue weighted by Gasteiger charge is 2.33. The lowest BCUT2D eigenvalue weighted by Gasteiger charge is -2.48. The molecule has 0 spiro atoms. The average Bonchev–Trinajstić information content (AvgIpc) is 2.46. The van der Waals surface area contributed by atoms with E-state index in [0.717, 1.165) is 37.1 Å². The second-order valence-corrected chi connectivity index (χ2v) is 6.37. The minimum atomic E-state index is 0.517.